The number of rotatable bonds is 7. The van der Waals surface area contributed by atoms with E-state index in [1.807, 2.05) is 0 Å². The Morgan fingerprint density at radius 3 is 2.81 bits per heavy atom. The lowest BCUT2D eigenvalue weighted by molar-refractivity contribution is -0.125. The molecule has 0 radical (unpaired) electrons. The van der Waals surface area contributed by atoms with Crippen LogP contribution in [0.4, 0.5) is 19.7 Å². The van der Waals surface area contributed by atoms with Crippen LogP contribution in [0.5, 0.6) is 5.75 Å². The number of amides is 4. The standard InChI is InChI=1S/C26H25ClFN5O4/c1-2-8-37-16-6-7-20-17(11-16)19(13-32(20)25(29)35)31-26(36)33-21-9-15(21)10-22(33)24(34)30-12-14-4-3-5-18(27)23(14)28/h2-7,11,13,15,21-22H,1,8-10,12H2,(H2,29,35)(H,30,34)(H,31,36)/t15?,21-,22+/m1/s1. The molecule has 2 aromatic carbocycles. The number of nitrogens with zero attached hydrogens (tertiary/aromatic N) is 2. The Morgan fingerprint density at radius 2 is 2.05 bits per heavy atom. The van der Waals surface area contributed by atoms with Crippen LogP contribution >= 0.6 is 11.6 Å². The number of carbonyl (C=O) groups is 3. The minimum atomic E-state index is -0.709. The van der Waals surface area contributed by atoms with Crippen molar-refractivity contribution in [1.82, 2.24) is 14.8 Å². The van der Waals surface area contributed by atoms with Crippen LogP contribution in [0.25, 0.3) is 10.9 Å². The van der Waals surface area contributed by atoms with Crippen LogP contribution in [0, 0.1) is 11.7 Å². The molecule has 5 rings (SSSR count). The quantitative estimate of drug-likeness (QED) is 0.400. The number of fused-ring (bicyclic) bond motifs is 2. The number of halogens is 2. The van der Waals surface area contributed by atoms with Crippen LogP contribution in [0.15, 0.2) is 55.3 Å². The maximum atomic E-state index is 14.2. The summed E-state index contributed by atoms with van der Waals surface area (Å²) >= 11 is 5.83. The zero-order valence-electron chi connectivity index (χ0n) is 19.7. The first-order valence-electron chi connectivity index (χ1n) is 11.8. The number of nitrogens with one attached hydrogen (secondary N) is 2. The van der Waals surface area contributed by atoms with Crippen molar-refractivity contribution in [2.75, 3.05) is 11.9 Å². The first-order valence-corrected chi connectivity index (χ1v) is 12.1. The molecular weight excluding hydrogens is 501 g/mol. The summed E-state index contributed by atoms with van der Waals surface area (Å²) in [7, 11) is 0. The van der Waals surface area contributed by atoms with E-state index in [9.17, 15) is 18.8 Å². The van der Waals surface area contributed by atoms with Gasteiger partial charge in [0.2, 0.25) is 5.91 Å². The molecule has 37 heavy (non-hydrogen) atoms. The van der Waals surface area contributed by atoms with Gasteiger partial charge in [0.15, 0.2) is 0 Å². The minimum Gasteiger partial charge on any atom is -0.490 e. The average Bonchev–Trinajstić information content (AvgIpc) is 3.39. The molecule has 2 aliphatic rings. The summed E-state index contributed by atoms with van der Waals surface area (Å²) < 4.78 is 21.0. The summed E-state index contributed by atoms with van der Waals surface area (Å²) in [6.07, 6.45) is 4.37. The highest BCUT2D eigenvalue weighted by Gasteiger charge is 2.56. The van der Waals surface area contributed by atoms with Gasteiger partial charge in [0.25, 0.3) is 0 Å². The maximum absolute atomic E-state index is 14.2. The summed E-state index contributed by atoms with van der Waals surface area (Å²) in [5.74, 6) is -0.202. The fraction of sp³-hybridized carbons (Fsp3) is 0.269. The van der Waals surface area contributed by atoms with E-state index < -0.39 is 23.9 Å². The molecule has 3 aromatic rings. The van der Waals surface area contributed by atoms with Crippen LogP contribution in [-0.4, -0.2) is 46.1 Å². The number of piperidine rings is 1. The Labute approximate surface area is 217 Å². The number of anilines is 1. The van der Waals surface area contributed by atoms with Gasteiger partial charge in [-0.3, -0.25) is 9.36 Å². The molecule has 0 bridgehead atoms. The molecule has 2 heterocycles. The molecule has 4 amide bonds. The highest BCUT2D eigenvalue weighted by atomic mass is 35.5. The molecule has 3 atom stereocenters. The molecule has 1 unspecified atom stereocenters. The monoisotopic (exact) mass is 525 g/mol. The van der Waals surface area contributed by atoms with Crippen molar-refractivity contribution < 1.29 is 23.5 Å². The molecule has 192 valence electrons. The summed E-state index contributed by atoms with van der Waals surface area (Å²) in [5.41, 5.74) is 6.63. The number of hydrogen-bond acceptors (Lipinski definition) is 4. The lowest BCUT2D eigenvalue weighted by Gasteiger charge is -2.27. The normalized spacial score (nSPS) is 19.8. The van der Waals surface area contributed by atoms with Gasteiger partial charge in [-0.25, -0.2) is 14.0 Å². The fourth-order valence-corrected chi connectivity index (χ4v) is 5.08. The molecule has 2 fully saturated rings. The predicted octanol–water partition coefficient (Wildman–Crippen LogP) is 4.24. The van der Waals surface area contributed by atoms with Crippen LogP contribution < -0.4 is 21.1 Å². The van der Waals surface area contributed by atoms with Gasteiger partial charge in [0.1, 0.15) is 24.2 Å². The number of primary amides is 1. The first-order chi connectivity index (χ1) is 17.8. The molecule has 4 N–H and O–H groups in total. The first kappa shape index (κ1) is 24.6. The van der Waals surface area contributed by atoms with Gasteiger partial charge in [-0.2, -0.15) is 0 Å². The molecule has 1 saturated heterocycles. The van der Waals surface area contributed by atoms with Crippen molar-refractivity contribution in [3.05, 3.63) is 71.7 Å². The van der Waals surface area contributed by atoms with Crippen molar-refractivity contribution in [2.24, 2.45) is 11.7 Å². The van der Waals surface area contributed by atoms with Gasteiger partial charge in [-0.05, 0) is 43.0 Å². The number of hydrogen-bond donors (Lipinski definition) is 3. The second-order valence-corrected chi connectivity index (χ2v) is 9.52. The number of carbonyl (C=O) groups excluding carboxylic acids is 3. The molecule has 11 heteroatoms. The maximum Gasteiger partial charge on any atom is 0.323 e. The number of likely N-dealkylation sites (tertiary alicyclic amines) is 1. The summed E-state index contributed by atoms with van der Waals surface area (Å²) in [4.78, 5) is 39.9. The van der Waals surface area contributed by atoms with Gasteiger partial charge in [-0.1, -0.05) is 36.4 Å². The van der Waals surface area contributed by atoms with E-state index in [2.05, 4.69) is 17.2 Å². The third kappa shape index (κ3) is 4.72. The van der Waals surface area contributed by atoms with Gasteiger partial charge >= 0.3 is 12.1 Å². The minimum absolute atomic E-state index is 0.0250. The van der Waals surface area contributed by atoms with Crippen molar-refractivity contribution in [1.29, 1.82) is 0 Å². The fourth-order valence-electron chi connectivity index (χ4n) is 4.88. The van der Waals surface area contributed by atoms with Crippen molar-refractivity contribution in [2.45, 2.75) is 31.5 Å². The van der Waals surface area contributed by atoms with E-state index in [1.165, 1.54) is 21.7 Å². The molecule has 1 aliphatic carbocycles. The highest BCUT2D eigenvalue weighted by Crippen LogP contribution is 2.48. The molecule has 0 spiro atoms. The second-order valence-electron chi connectivity index (χ2n) is 9.11. The SMILES string of the molecule is C=CCOc1ccc2c(c1)c(NC(=O)N1[C@@H]3CC3C[C@H]1C(=O)NCc1cccc(Cl)c1F)cn2C(N)=O. The Kier molecular flexibility index (Phi) is 6.51. The van der Waals surface area contributed by atoms with E-state index in [-0.39, 0.29) is 41.6 Å². The van der Waals surface area contributed by atoms with Gasteiger partial charge < -0.3 is 26.0 Å². The number of aromatic nitrogens is 1. The third-order valence-electron chi connectivity index (χ3n) is 6.75. The number of nitrogens with two attached hydrogens (primary N) is 1. The van der Waals surface area contributed by atoms with Crippen molar-refractivity contribution in [3.8, 4) is 5.75 Å². The average molecular weight is 526 g/mol. The molecular formula is C26H25ClFN5O4. The summed E-state index contributed by atoms with van der Waals surface area (Å²) in [5, 5.41) is 6.10. The molecule has 1 aliphatic heterocycles. The summed E-state index contributed by atoms with van der Waals surface area (Å²) in [6.45, 7) is 3.87. The van der Waals surface area contributed by atoms with E-state index >= 15 is 0 Å². The predicted molar refractivity (Wildman–Crippen MR) is 137 cm³/mol. The van der Waals surface area contributed by atoms with Crippen LogP contribution in [0.3, 0.4) is 0 Å². The van der Waals surface area contributed by atoms with Crippen molar-refractivity contribution in [3.63, 3.8) is 0 Å². The van der Waals surface area contributed by atoms with Crippen LogP contribution in [-0.2, 0) is 11.3 Å². The Bertz CT molecular complexity index is 1420. The Balaban J connectivity index is 1.35. The Morgan fingerprint density at radius 1 is 1.24 bits per heavy atom. The van der Waals surface area contributed by atoms with Gasteiger partial charge in [-0.15, -0.1) is 0 Å². The van der Waals surface area contributed by atoms with Gasteiger partial charge in [0, 0.05) is 29.7 Å². The molecule has 1 saturated carbocycles. The smallest absolute Gasteiger partial charge is 0.323 e. The van der Waals surface area contributed by atoms with E-state index in [4.69, 9.17) is 22.1 Å². The zero-order valence-corrected chi connectivity index (χ0v) is 20.5. The summed E-state index contributed by atoms with van der Waals surface area (Å²) in [6, 6.07) is 7.69. The highest BCUT2D eigenvalue weighted by molar-refractivity contribution is 6.30. The lowest BCUT2D eigenvalue weighted by atomic mass is 10.1. The second kappa shape index (κ2) is 9.78. The number of urea groups is 1. The van der Waals surface area contributed by atoms with Crippen LogP contribution in [0.1, 0.15) is 18.4 Å². The molecule has 1 aromatic heterocycles. The van der Waals surface area contributed by atoms with Crippen LogP contribution in [0.2, 0.25) is 5.02 Å². The van der Waals surface area contributed by atoms with Crippen molar-refractivity contribution >= 4 is 46.2 Å². The Hall–Kier alpha value is -4.05. The molecule has 9 nitrogen and oxygen atoms in total. The van der Waals surface area contributed by atoms with E-state index in [0.29, 0.717) is 28.8 Å². The number of ether oxygens (including phenoxy) is 1. The van der Waals surface area contributed by atoms with Gasteiger partial charge in [0.05, 0.1) is 16.2 Å². The van der Waals surface area contributed by atoms with E-state index in [0.717, 1.165) is 6.42 Å². The third-order valence-corrected chi connectivity index (χ3v) is 7.04. The largest absolute Gasteiger partial charge is 0.490 e. The number of benzene rings is 2. The zero-order chi connectivity index (χ0) is 26.3. The topological polar surface area (TPSA) is 119 Å². The lowest BCUT2D eigenvalue weighted by Crippen LogP contribution is -2.49. The van der Waals surface area contributed by atoms with E-state index in [1.54, 1.807) is 36.4 Å².